The van der Waals surface area contributed by atoms with Crippen LogP contribution in [0.2, 0.25) is 0 Å². The zero-order chi connectivity index (χ0) is 10.6. The van der Waals surface area contributed by atoms with Gasteiger partial charge in [-0.25, -0.2) is 0 Å². The van der Waals surface area contributed by atoms with Gasteiger partial charge >= 0.3 is 29.6 Å². The Labute approximate surface area is 112 Å². The molecule has 0 spiro atoms. The second-order valence-corrected chi connectivity index (χ2v) is 3.14. The van der Waals surface area contributed by atoms with Crippen LogP contribution in [0.15, 0.2) is 30.3 Å². The molecule has 0 bridgehead atoms. The molecule has 0 aliphatic rings. The van der Waals surface area contributed by atoms with Crippen LogP contribution in [0.1, 0.15) is 5.56 Å². The van der Waals surface area contributed by atoms with Crippen LogP contribution in [0.5, 0.6) is 0 Å². The molecule has 74 valence electrons. The van der Waals surface area contributed by atoms with Crippen molar-refractivity contribution in [3.63, 3.8) is 0 Å². The summed E-state index contributed by atoms with van der Waals surface area (Å²) in [4.78, 5) is 12.1. The van der Waals surface area contributed by atoms with Crippen LogP contribution in [0.25, 0.3) is 6.08 Å². The molecule has 0 radical (unpaired) electrons. The van der Waals surface area contributed by atoms with Gasteiger partial charge in [0.25, 0.3) is 0 Å². The minimum atomic E-state index is -1.18. The van der Waals surface area contributed by atoms with Gasteiger partial charge in [0.1, 0.15) is 0 Å². The number of rotatable bonds is 3. The van der Waals surface area contributed by atoms with Crippen molar-refractivity contribution in [1.82, 2.24) is 0 Å². The first kappa shape index (κ1) is 14.2. The van der Waals surface area contributed by atoms with E-state index in [0.717, 1.165) is 17.3 Å². The normalized spacial score (nSPS) is 9.73. The maximum absolute atomic E-state index is 10.1. The van der Waals surface area contributed by atoms with E-state index in [1.54, 1.807) is 0 Å². The van der Waals surface area contributed by atoms with Gasteiger partial charge in [0.2, 0.25) is 0 Å². The monoisotopic (exact) mass is 213 g/mol. The zero-order valence-electron chi connectivity index (χ0n) is 9.23. The third-order valence-corrected chi connectivity index (χ3v) is 1.82. The molecule has 1 rings (SSSR count). The molecule has 0 saturated heterocycles. The Bertz CT molecular complexity index is 344. The minimum Gasteiger partial charge on any atom is -0.545 e. The van der Waals surface area contributed by atoms with Gasteiger partial charge in [0, 0.05) is 19.8 Å². The fourth-order valence-electron chi connectivity index (χ4n) is 1.05. The summed E-state index contributed by atoms with van der Waals surface area (Å²) in [6, 6.07) is 7.56. The first-order valence-electron chi connectivity index (χ1n) is 4.26. The van der Waals surface area contributed by atoms with Crippen LogP contribution in [0.4, 0.5) is 5.69 Å². The maximum Gasteiger partial charge on any atom is 1.00 e. The molecule has 1 aromatic rings. The number of anilines is 1. The molecular weight excluding hydrogens is 201 g/mol. The van der Waals surface area contributed by atoms with E-state index in [2.05, 4.69) is 0 Å². The molecule has 0 amide bonds. The average Bonchev–Trinajstić information content (AvgIpc) is 2.15. The van der Waals surface area contributed by atoms with Crippen LogP contribution in [-0.4, -0.2) is 20.1 Å². The second-order valence-electron chi connectivity index (χ2n) is 3.14. The van der Waals surface area contributed by atoms with Crippen LogP contribution < -0.4 is 39.6 Å². The number of hydrogen-bond donors (Lipinski definition) is 0. The summed E-state index contributed by atoms with van der Waals surface area (Å²) in [5, 5.41) is 10.1. The largest absolute Gasteiger partial charge is 1.00 e. The van der Waals surface area contributed by atoms with Gasteiger partial charge in [-0.2, -0.15) is 0 Å². The smallest absolute Gasteiger partial charge is 0.545 e. The van der Waals surface area contributed by atoms with E-state index in [1.807, 2.05) is 43.3 Å². The molecule has 1 aromatic carbocycles. The summed E-state index contributed by atoms with van der Waals surface area (Å²) >= 11 is 0. The van der Waals surface area contributed by atoms with E-state index in [0.29, 0.717) is 0 Å². The van der Waals surface area contributed by atoms with E-state index in [4.69, 9.17) is 0 Å². The topological polar surface area (TPSA) is 43.4 Å². The summed E-state index contributed by atoms with van der Waals surface area (Å²) in [5.41, 5.74) is 1.93. The fourth-order valence-corrected chi connectivity index (χ4v) is 1.05. The van der Waals surface area contributed by atoms with Gasteiger partial charge in [-0.1, -0.05) is 18.2 Å². The van der Waals surface area contributed by atoms with Gasteiger partial charge in [0.15, 0.2) is 0 Å². The van der Waals surface area contributed by atoms with Crippen molar-refractivity contribution in [2.75, 3.05) is 19.0 Å². The second kappa shape index (κ2) is 6.67. The Kier molecular flexibility index (Phi) is 6.32. The fraction of sp³-hybridized carbons (Fsp3) is 0.182. The molecule has 0 unspecified atom stereocenters. The predicted octanol–water partition coefficient (Wildman–Crippen LogP) is -2.48. The number of benzene rings is 1. The van der Waals surface area contributed by atoms with Crippen molar-refractivity contribution in [3.05, 3.63) is 35.9 Å². The van der Waals surface area contributed by atoms with E-state index < -0.39 is 5.97 Å². The van der Waals surface area contributed by atoms with Crippen molar-refractivity contribution in [2.24, 2.45) is 0 Å². The summed E-state index contributed by atoms with van der Waals surface area (Å²) < 4.78 is 0. The standard InChI is InChI=1S/C11H13NO2.Na/c1-12(2)10-6-3-9(4-7-10)5-8-11(13)14;/h3-8H,1-2H3,(H,13,14);/q;+1/p-1/b8-5+;. The summed E-state index contributed by atoms with van der Waals surface area (Å²) in [7, 11) is 3.90. The third kappa shape index (κ3) is 5.02. The summed E-state index contributed by atoms with van der Waals surface area (Å²) in [6.07, 6.45) is 2.53. The zero-order valence-corrected chi connectivity index (χ0v) is 11.2. The molecular formula is C11H12NNaO2. The van der Waals surface area contributed by atoms with Crippen LogP contribution in [-0.2, 0) is 4.79 Å². The Balaban J connectivity index is 0.00000196. The molecule has 0 aromatic heterocycles. The molecule has 3 nitrogen and oxygen atoms in total. The van der Waals surface area contributed by atoms with Gasteiger partial charge < -0.3 is 14.8 Å². The molecule has 0 saturated carbocycles. The number of nitrogens with zero attached hydrogens (tertiary/aromatic N) is 1. The minimum absolute atomic E-state index is 0. The van der Waals surface area contributed by atoms with Crippen molar-refractivity contribution in [3.8, 4) is 0 Å². The Morgan fingerprint density at radius 3 is 2.20 bits per heavy atom. The molecule has 15 heavy (non-hydrogen) atoms. The summed E-state index contributed by atoms with van der Waals surface area (Å²) in [6.45, 7) is 0. The number of carbonyl (C=O) groups is 1. The van der Waals surface area contributed by atoms with E-state index in [1.165, 1.54) is 6.08 Å². The molecule has 0 N–H and O–H groups in total. The third-order valence-electron chi connectivity index (χ3n) is 1.82. The molecule has 0 aliphatic heterocycles. The van der Waals surface area contributed by atoms with E-state index in [9.17, 15) is 9.90 Å². The van der Waals surface area contributed by atoms with Gasteiger partial charge in [-0.15, -0.1) is 0 Å². The van der Waals surface area contributed by atoms with Gasteiger partial charge in [-0.3, -0.25) is 0 Å². The maximum atomic E-state index is 10.1. The molecule has 0 fully saturated rings. The van der Waals surface area contributed by atoms with Crippen LogP contribution >= 0.6 is 0 Å². The van der Waals surface area contributed by atoms with Crippen molar-refractivity contribution in [1.29, 1.82) is 0 Å². The molecule has 4 heteroatoms. The first-order valence-corrected chi connectivity index (χ1v) is 4.26. The number of aliphatic carboxylic acids is 1. The Hall–Kier alpha value is -0.770. The average molecular weight is 213 g/mol. The van der Waals surface area contributed by atoms with E-state index in [-0.39, 0.29) is 29.6 Å². The van der Waals surface area contributed by atoms with Gasteiger partial charge in [0.05, 0.1) is 5.97 Å². The molecule has 0 aliphatic carbocycles. The Morgan fingerprint density at radius 1 is 1.27 bits per heavy atom. The van der Waals surface area contributed by atoms with E-state index >= 15 is 0 Å². The SMILES string of the molecule is CN(C)c1ccc(/C=C/C(=O)[O-])cc1.[Na+]. The Morgan fingerprint density at radius 2 is 1.80 bits per heavy atom. The number of carboxylic acid groups (broad SMARTS) is 1. The summed E-state index contributed by atoms with van der Waals surface area (Å²) in [5.74, 6) is -1.18. The molecule has 0 heterocycles. The van der Waals surface area contributed by atoms with Gasteiger partial charge in [-0.05, 0) is 23.8 Å². The first-order chi connectivity index (χ1) is 6.59. The molecule has 0 atom stereocenters. The van der Waals surface area contributed by atoms with Crippen LogP contribution in [0, 0.1) is 0 Å². The van der Waals surface area contributed by atoms with Crippen molar-refractivity contribution >= 4 is 17.7 Å². The number of hydrogen-bond acceptors (Lipinski definition) is 3. The predicted molar refractivity (Wildman–Crippen MR) is 54.8 cm³/mol. The van der Waals surface area contributed by atoms with Crippen molar-refractivity contribution in [2.45, 2.75) is 0 Å². The number of carbonyl (C=O) groups excluding carboxylic acids is 1. The van der Waals surface area contributed by atoms with Crippen molar-refractivity contribution < 1.29 is 39.5 Å². The van der Waals surface area contributed by atoms with Crippen LogP contribution in [0.3, 0.4) is 0 Å². The quantitative estimate of drug-likeness (QED) is 0.412. The number of carboxylic acids is 1.